The van der Waals surface area contributed by atoms with E-state index in [0.717, 1.165) is 6.42 Å². The Kier molecular flexibility index (Phi) is 5.46. The topological polar surface area (TPSA) is 18.5 Å². The van der Waals surface area contributed by atoms with Gasteiger partial charge in [0.1, 0.15) is 0 Å². The second-order valence-electron chi connectivity index (χ2n) is 6.09. The van der Waals surface area contributed by atoms with E-state index in [-0.39, 0.29) is 6.10 Å². The van der Waals surface area contributed by atoms with Gasteiger partial charge in [-0.15, -0.1) is 0 Å². The summed E-state index contributed by atoms with van der Waals surface area (Å²) in [4.78, 5) is 0. The Labute approximate surface area is 145 Å². The van der Waals surface area contributed by atoms with Crippen LogP contribution in [0.1, 0.15) is 13.3 Å². The summed E-state index contributed by atoms with van der Waals surface area (Å²) in [5.74, 6) is 0. The van der Waals surface area contributed by atoms with Crippen LogP contribution in [-0.4, -0.2) is 28.1 Å². The number of rotatable bonds is 5. The molecule has 3 rings (SSSR count). The van der Waals surface area contributed by atoms with Crippen molar-refractivity contribution in [1.29, 1.82) is 0 Å². The first-order valence-corrected chi connectivity index (χ1v) is 10.4. The smallest absolute Gasteiger partial charge is 0.281 e. The second kappa shape index (κ2) is 7.75. The average molecular weight is 337 g/mol. The number of hydrogen-bond acceptors (Lipinski definition) is 2. The van der Waals surface area contributed by atoms with Crippen molar-refractivity contribution in [3.8, 4) is 0 Å². The van der Waals surface area contributed by atoms with Gasteiger partial charge in [-0.1, -0.05) is 78.5 Å². The third kappa shape index (κ3) is 3.43. The van der Waals surface area contributed by atoms with E-state index in [1.807, 2.05) is 6.92 Å². The van der Waals surface area contributed by atoms with Crippen molar-refractivity contribution >= 4 is 18.7 Å². The van der Waals surface area contributed by atoms with Gasteiger partial charge in [-0.3, -0.25) is 0 Å². The molecule has 0 fully saturated rings. The van der Waals surface area contributed by atoms with Crippen LogP contribution in [0, 0.1) is 0 Å². The van der Waals surface area contributed by atoms with E-state index in [1.165, 1.54) is 15.9 Å². The van der Waals surface area contributed by atoms with Crippen LogP contribution in [0.4, 0.5) is 0 Å². The molecule has 2 aromatic carbocycles. The number of ether oxygens (including phenoxy) is 1. The van der Waals surface area contributed by atoms with Crippen LogP contribution in [0.25, 0.3) is 0 Å². The molecule has 0 saturated carbocycles. The van der Waals surface area contributed by atoms with Gasteiger partial charge in [-0.2, -0.15) is 0 Å². The largest absolute Gasteiger partial charge is 0.398 e. The van der Waals surface area contributed by atoms with E-state index in [1.54, 1.807) is 7.11 Å². The molecular formula is C21H24O2Si. The summed E-state index contributed by atoms with van der Waals surface area (Å²) in [7, 11) is -0.670. The van der Waals surface area contributed by atoms with Crippen LogP contribution in [0.5, 0.6) is 0 Å². The molecule has 2 aromatic rings. The molecule has 0 radical (unpaired) electrons. The van der Waals surface area contributed by atoms with Crippen molar-refractivity contribution in [2.45, 2.75) is 19.4 Å². The number of methoxy groups -OCH3 is 1. The third-order valence-electron chi connectivity index (χ3n) is 4.35. The van der Waals surface area contributed by atoms with Crippen LogP contribution in [0.15, 0.2) is 84.1 Å². The van der Waals surface area contributed by atoms with Crippen LogP contribution in [0.3, 0.4) is 0 Å². The van der Waals surface area contributed by atoms with Crippen molar-refractivity contribution in [2.75, 3.05) is 13.7 Å². The Balaban J connectivity index is 2.18. The van der Waals surface area contributed by atoms with Crippen LogP contribution >= 0.6 is 0 Å². The molecule has 0 aromatic heterocycles. The molecule has 0 amide bonds. The fraction of sp³-hybridized carbons (Fsp3) is 0.238. The van der Waals surface area contributed by atoms with Gasteiger partial charge in [0.25, 0.3) is 8.32 Å². The highest BCUT2D eigenvalue weighted by atomic mass is 28.4. The van der Waals surface area contributed by atoms with E-state index in [9.17, 15) is 0 Å². The molecule has 0 spiro atoms. The van der Waals surface area contributed by atoms with E-state index >= 15 is 0 Å². The maximum absolute atomic E-state index is 6.78. The zero-order valence-corrected chi connectivity index (χ0v) is 15.3. The quantitative estimate of drug-likeness (QED) is 0.616. The lowest BCUT2D eigenvalue weighted by atomic mass is 10.1. The van der Waals surface area contributed by atoms with E-state index in [2.05, 4.69) is 78.5 Å². The summed E-state index contributed by atoms with van der Waals surface area (Å²) in [5.41, 5.74) is 3.70. The fourth-order valence-corrected chi connectivity index (χ4v) is 7.17. The molecule has 1 aliphatic rings. The SMILES string of the molecule is C/C=C/C1CC(COC)=C[Si](c2ccccc2)(c2ccccc2)O1. The lowest BCUT2D eigenvalue weighted by Gasteiger charge is -2.38. The lowest BCUT2D eigenvalue weighted by molar-refractivity contribution is 0.199. The lowest BCUT2D eigenvalue weighted by Crippen LogP contribution is -2.62. The number of benzene rings is 2. The minimum Gasteiger partial charge on any atom is -0.398 e. The zero-order chi connectivity index (χ0) is 16.8. The van der Waals surface area contributed by atoms with Crippen molar-refractivity contribution in [1.82, 2.24) is 0 Å². The molecule has 124 valence electrons. The molecule has 3 heteroatoms. The molecular weight excluding hydrogens is 312 g/mol. The number of hydrogen-bond donors (Lipinski definition) is 0. The van der Waals surface area contributed by atoms with Gasteiger partial charge in [0.2, 0.25) is 0 Å². The van der Waals surface area contributed by atoms with Crippen molar-refractivity contribution < 1.29 is 9.16 Å². The van der Waals surface area contributed by atoms with Crippen molar-refractivity contribution in [3.63, 3.8) is 0 Å². The van der Waals surface area contributed by atoms with Crippen LogP contribution in [0.2, 0.25) is 0 Å². The highest BCUT2D eigenvalue weighted by Gasteiger charge is 2.42. The van der Waals surface area contributed by atoms with Gasteiger partial charge in [0, 0.05) is 7.11 Å². The Morgan fingerprint density at radius 3 is 2.12 bits per heavy atom. The summed E-state index contributed by atoms with van der Waals surface area (Å²) < 4.78 is 12.2. The van der Waals surface area contributed by atoms with E-state index < -0.39 is 8.32 Å². The van der Waals surface area contributed by atoms with Gasteiger partial charge in [-0.05, 0) is 29.3 Å². The minimum absolute atomic E-state index is 0.0947. The standard InChI is InChI=1S/C21H24O2Si/c1-3-10-19-15-18(16-22-2)17-24(23-19,20-11-6-4-7-12-20)21-13-8-5-9-14-21/h3-14,17,19H,15-16H2,1-2H3/b10-3+. The first-order valence-electron chi connectivity index (χ1n) is 8.39. The maximum atomic E-state index is 6.78. The summed E-state index contributed by atoms with van der Waals surface area (Å²) in [6, 6.07) is 21.3. The van der Waals surface area contributed by atoms with E-state index in [4.69, 9.17) is 9.16 Å². The van der Waals surface area contributed by atoms with Crippen LogP contribution in [-0.2, 0) is 9.16 Å². The molecule has 1 atom stereocenters. The normalized spacial score (nSPS) is 20.1. The maximum Gasteiger partial charge on any atom is 0.281 e. The summed E-state index contributed by atoms with van der Waals surface area (Å²) >= 11 is 0. The molecule has 1 aliphatic heterocycles. The Hall–Kier alpha value is -1.94. The first kappa shape index (κ1) is 16.9. The van der Waals surface area contributed by atoms with Gasteiger partial charge in [-0.25, -0.2) is 0 Å². The first-order chi connectivity index (χ1) is 11.8. The Morgan fingerprint density at radius 2 is 1.62 bits per heavy atom. The van der Waals surface area contributed by atoms with Gasteiger partial charge >= 0.3 is 0 Å². The van der Waals surface area contributed by atoms with Gasteiger partial charge in [0.15, 0.2) is 0 Å². The zero-order valence-electron chi connectivity index (χ0n) is 14.3. The molecule has 0 saturated heterocycles. The fourth-order valence-electron chi connectivity index (χ4n) is 3.37. The van der Waals surface area contributed by atoms with Gasteiger partial charge < -0.3 is 9.16 Å². The number of allylic oxidation sites excluding steroid dienone is 1. The van der Waals surface area contributed by atoms with Gasteiger partial charge in [0.05, 0.1) is 12.7 Å². The second-order valence-corrected chi connectivity index (χ2v) is 9.24. The Bertz CT molecular complexity index is 668. The highest BCUT2D eigenvalue weighted by Crippen LogP contribution is 2.25. The third-order valence-corrected chi connectivity index (χ3v) is 8.22. The predicted molar refractivity (Wildman–Crippen MR) is 102 cm³/mol. The summed E-state index contributed by atoms with van der Waals surface area (Å²) in [5, 5.41) is 2.55. The summed E-state index contributed by atoms with van der Waals surface area (Å²) in [6.07, 6.45) is 5.23. The monoisotopic (exact) mass is 336 g/mol. The Morgan fingerprint density at radius 1 is 1.04 bits per heavy atom. The summed E-state index contributed by atoms with van der Waals surface area (Å²) in [6.45, 7) is 2.71. The van der Waals surface area contributed by atoms with Crippen molar-refractivity contribution in [3.05, 3.63) is 84.1 Å². The predicted octanol–water partition coefficient (Wildman–Crippen LogP) is 3.22. The molecule has 2 nitrogen and oxygen atoms in total. The molecule has 24 heavy (non-hydrogen) atoms. The van der Waals surface area contributed by atoms with Crippen molar-refractivity contribution in [2.24, 2.45) is 0 Å². The average Bonchev–Trinajstić information content (AvgIpc) is 2.63. The van der Waals surface area contributed by atoms with E-state index in [0.29, 0.717) is 6.61 Å². The molecule has 1 heterocycles. The molecule has 0 aliphatic carbocycles. The highest BCUT2D eigenvalue weighted by molar-refractivity contribution is 7.01. The molecule has 0 bridgehead atoms. The molecule has 1 unspecified atom stereocenters. The molecule has 0 N–H and O–H groups in total. The minimum atomic E-state index is -2.43. The van der Waals surface area contributed by atoms with Crippen LogP contribution < -0.4 is 10.4 Å².